The van der Waals surface area contributed by atoms with Crippen molar-refractivity contribution in [3.63, 3.8) is 0 Å². The number of hydrogen-bond acceptors (Lipinski definition) is 7. The van der Waals surface area contributed by atoms with Gasteiger partial charge in [-0.3, -0.25) is 4.55 Å². The highest BCUT2D eigenvalue weighted by Crippen LogP contribution is 2.38. The number of ether oxygens (including phenoxy) is 3. The van der Waals surface area contributed by atoms with E-state index in [4.69, 9.17) is 4.55 Å². The summed E-state index contributed by atoms with van der Waals surface area (Å²) >= 11 is 0. The second-order valence-electron chi connectivity index (χ2n) is 3.86. The van der Waals surface area contributed by atoms with Crippen molar-refractivity contribution in [3.05, 3.63) is 12.7 Å². The molecule has 0 saturated heterocycles. The van der Waals surface area contributed by atoms with Gasteiger partial charge in [-0.2, -0.15) is 30.4 Å². The highest BCUT2D eigenvalue weighted by molar-refractivity contribution is 7.86. The summed E-state index contributed by atoms with van der Waals surface area (Å²) in [5, 5.41) is -5.24. The van der Waals surface area contributed by atoms with E-state index < -0.39 is 52.5 Å². The van der Waals surface area contributed by atoms with Crippen molar-refractivity contribution in [2.45, 2.75) is 24.1 Å². The van der Waals surface area contributed by atoms with Crippen LogP contribution in [0.1, 0.15) is 6.92 Å². The summed E-state index contributed by atoms with van der Waals surface area (Å²) in [4.78, 5) is 22.5. The van der Waals surface area contributed by atoms with Gasteiger partial charge in [0.2, 0.25) is 0 Å². The first-order chi connectivity index (χ1) is 10.6. The number of alkyl halides is 5. The summed E-state index contributed by atoms with van der Waals surface area (Å²) in [6.45, 7) is 0.423. The summed E-state index contributed by atoms with van der Waals surface area (Å²) in [5.74, 6) is -9.04. The second kappa shape index (κ2) is 7.40. The van der Waals surface area contributed by atoms with Gasteiger partial charge in [-0.25, -0.2) is 9.59 Å². The lowest BCUT2D eigenvalue weighted by atomic mass is 10.2. The molecule has 1 N–H and O–H groups in total. The van der Waals surface area contributed by atoms with Gasteiger partial charge in [0.15, 0.2) is 0 Å². The molecule has 1 unspecified atom stereocenters. The molecule has 1 atom stereocenters. The van der Waals surface area contributed by atoms with Gasteiger partial charge in [0, 0.05) is 6.08 Å². The van der Waals surface area contributed by atoms with E-state index in [0.29, 0.717) is 0 Å². The SMILES string of the molecule is C=CC(=O)OC(OCC(F)(F)S(=O)(=O)O)(C(=O)OCC)C(F)(F)F. The van der Waals surface area contributed by atoms with Gasteiger partial charge in [-0.05, 0) is 6.92 Å². The van der Waals surface area contributed by atoms with Crippen LogP contribution in [0.4, 0.5) is 22.0 Å². The minimum absolute atomic E-state index is 0.157. The van der Waals surface area contributed by atoms with E-state index in [-0.39, 0.29) is 6.08 Å². The fourth-order valence-electron chi connectivity index (χ4n) is 1.06. The molecule has 0 radical (unpaired) electrons. The van der Waals surface area contributed by atoms with Gasteiger partial charge < -0.3 is 14.2 Å². The second-order valence-corrected chi connectivity index (χ2v) is 5.41. The number of rotatable bonds is 8. The lowest BCUT2D eigenvalue weighted by molar-refractivity contribution is -0.359. The van der Waals surface area contributed by atoms with E-state index in [1.165, 1.54) is 0 Å². The van der Waals surface area contributed by atoms with Gasteiger partial charge in [-0.1, -0.05) is 6.58 Å². The van der Waals surface area contributed by atoms with Crippen molar-refractivity contribution in [3.8, 4) is 0 Å². The maximum absolute atomic E-state index is 13.1. The molecular formula is C10H11F5O8S. The van der Waals surface area contributed by atoms with Crippen molar-refractivity contribution in [1.29, 1.82) is 0 Å². The van der Waals surface area contributed by atoms with Crippen LogP contribution >= 0.6 is 0 Å². The van der Waals surface area contributed by atoms with Crippen LogP contribution < -0.4 is 0 Å². The Balaban J connectivity index is 5.96. The molecule has 0 saturated carbocycles. The third kappa shape index (κ3) is 4.85. The molecule has 0 aliphatic carbocycles. The molecular weight excluding hydrogens is 375 g/mol. The fraction of sp³-hybridized carbons (Fsp3) is 0.600. The average Bonchev–Trinajstić information content (AvgIpc) is 2.40. The Morgan fingerprint density at radius 1 is 1.21 bits per heavy atom. The number of esters is 2. The van der Waals surface area contributed by atoms with Crippen LogP contribution in [-0.2, 0) is 33.9 Å². The molecule has 0 aliphatic rings. The Kier molecular flexibility index (Phi) is 6.84. The van der Waals surface area contributed by atoms with Crippen molar-refractivity contribution < 1.29 is 58.7 Å². The summed E-state index contributed by atoms with van der Waals surface area (Å²) in [6.07, 6.45) is -5.78. The van der Waals surface area contributed by atoms with Crippen LogP contribution in [0.5, 0.6) is 0 Å². The van der Waals surface area contributed by atoms with E-state index in [0.717, 1.165) is 6.92 Å². The summed E-state index contributed by atoms with van der Waals surface area (Å²) < 4.78 is 106. The van der Waals surface area contributed by atoms with Crippen molar-refractivity contribution >= 4 is 22.1 Å². The zero-order valence-corrected chi connectivity index (χ0v) is 12.6. The molecule has 0 bridgehead atoms. The molecule has 0 heterocycles. The monoisotopic (exact) mass is 386 g/mol. The predicted octanol–water partition coefficient (Wildman–Crippen LogP) is 1.03. The van der Waals surface area contributed by atoms with E-state index >= 15 is 0 Å². The Hall–Kier alpha value is -1.80. The van der Waals surface area contributed by atoms with Gasteiger partial charge in [0.25, 0.3) is 0 Å². The summed E-state index contributed by atoms with van der Waals surface area (Å²) in [6, 6.07) is 0. The average molecular weight is 386 g/mol. The van der Waals surface area contributed by atoms with Gasteiger partial charge >= 0.3 is 39.3 Å². The number of halogens is 5. The first-order valence-corrected chi connectivity index (χ1v) is 7.16. The highest BCUT2D eigenvalue weighted by atomic mass is 32.2. The number of carbonyl (C=O) groups excluding carboxylic acids is 2. The molecule has 14 heteroatoms. The Labute approximate surface area is 131 Å². The molecule has 0 aromatic rings. The van der Waals surface area contributed by atoms with E-state index in [1.807, 2.05) is 0 Å². The third-order valence-corrected chi connectivity index (χ3v) is 3.02. The van der Waals surface area contributed by atoms with Crippen LogP contribution in [0.2, 0.25) is 0 Å². The molecule has 24 heavy (non-hydrogen) atoms. The topological polar surface area (TPSA) is 116 Å². The van der Waals surface area contributed by atoms with Gasteiger partial charge in [-0.15, -0.1) is 0 Å². The van der Waals surface area contributed by atoms with E-state index in [2.05, 4.69) is 20.8 Å². The molecule has 8 nitrogen and oxygen atoms in total. The Morgan fingerprint density at radius 2 is 1.71 bits per heavy atom. The maximum Gasteiger partial charge on any atom is 0.468 e. The zero-order chi connectivity index (χ0) is 19.4. The van der Waals surface area contributed by atoms with Crippen LogP contribution in [-0.4, -0.2) is 55.3 Å². The largest absolute Gasteiger partial charge is 0.468 e. The maximum atomic E-state index is 13.1. The van der Waals surface area contributed by atoms with Crippen LogP contribution in [0, 0.1) is 0 Å². The minimum Gasteiger partial charge on any atom is -0.461 e. The van der Waals surface area contributed by atoms with Crippen LogP contribution in [0.15, 0.2) is 12.7 Å². The quantitative estimate of drug-likeness (QED) is 0.216. The van der Waals surface area contributed by atoms with E-state index in [9.17, 15) is 40.0 Å². The molecule has 140 valence electrons. The lowest BCUT2D eigenvalue weighted by Gasteiger charge is -2.32. The van der Waals surface area contributed by atoms with Crippen molar-refractivity contribution in [2.75, 3.05) is 13.2 Å². The van der Waals surface area contributed by atoms with Gasteiger partial charge in [0.05, 0.1) is 6.61 Å². The molecule has 0 rings (SSSR count). The third-order valence-electron chi connectivity index (χ3n) is 2.15. The standard InChI is InChI=1S/C10H11F5O8S/c1-3-6(16)23-9(10(13,14)15,7(17)21-4-2)22-5-8(11,12)24(18,19)20/h3H,1,4-5H2,2H3,(H,18,19,20). The summed E-state index contributed by atoms with van der Waals surface area (Å²) in [7, 11) is -6.18. The van der Waals surface area contributed by atoms with Crippen molar-refractivity contribution in [1.82, 2.24) is 0 Å². The molecule has 0 fully saturated rings. The van der Waals surface area contributed by atoms with Crippen LogP contribution in [0.25, 0.3) is 0 Å². The lowest BCUT2D eigenvalue weighted by Crippen LogP contribution is -2.59. The Bertz CT molecular complexity index is 599. The van der Waals surface area contributed by atoms with Gasteiger partial charge in [0.1, 0.15) is 6.61 Å². The molecule has 0 spiro atoms. The molecule has 0 amide bonds. The van der Waals surface area contributed by atoms with Crippen molar-refractivity contribution in [2.24, 2.45) is 0 Å². The first kappa shape index (κ1) is 22.2. The predicted molar refractivity (Wildman–Crippen MR) is 64.2 cm³/mol. The smallest absolute Gasteiger partial charge is 0.461 e. The van der Waals surface area contributed by atoms with Crippen LogP contribution in [0.3, 0.4) is 0 Å². The Morgan fingerprint density at radius 3 is 2.04 bits per heavy atom. The fourth-order valence-corrected chi connectivity index (χ4v) is 1.26. The highest BCUT2D eigenvalue weighted by Gasteiger charge is 2.69. The minimum atomic E-state index is -6.18. The molecule has 0 aromatic heterocycles. The normalized spacial score (nSPS) is 15.3. The van der Waals surface area contributed by atoms with E-state index in [1.54, 1.807) is 0 Å². The summed E-state index contributed by atoms with van der Waals surface area (Å²) in [5.41, 5.74) is 0. The zero-order valence-electron chi connectivity index (χ0n) is 11.8. The molecule has 0 aromatic carbocycles. The first-order valence-electron chi connectivity index (χ1n) is 5.72. The number of hydrogen-bond donors (Lipinski definition) is 1. The molecule has 0 aliphatic heterocycles. The number of carbonyl (C=O) groups is 2.